The molecular formula is C30H27F6N5O2. The number of carbonyl (C=O) groups is 1. The highest BCUT2D eigenvalue weighted by atomic mass is 19.4. The number of nitrogens with two attached hydrogens (primary N) is 1. The summed E-state index contributed by atoms with van der Waals surface area (Å²) in [5, 5.41) is 11.2. The maximum Gasteiger partial charge on any atom is 0.416 e. The number of rotatable bonds is 4. The van der Waals surface area contributed by atoms with Gasteiger partial charge >= 0.3 is 12.4 Å². The Hall–Kier alpha value is -4.13. The Morgan fingerprint density at radius 3 is 2.35 bits per heavy atom. The molecule has 0 radical (unpaired) electrons. The van der Waals surface area contributed by atoms with Gasteiger partial charge in [0.15, 0.2) is 0 Å². The number of benzene rings is 2. The second kappa shape index (κ2) is 9.97. The number of alkyl halides is 6. The SMILES string of the molecule is C[C@@](O)(c1ccc(-c2nc([C@@H]3CC[C@@H]4C(C(F)(F)F)CC(=O)N4C3)n3ccnc(N)c23)cc1)c1cccc(C(F)(F)F)c1. The Labute approximate surface area is 242 Å². The van der Waals surface area contributed by atoms with Crippen LogP contribution in [0.1, 0.15) is 54.6 Å². The number of hydrogen-bond acceptors (Lipinski definition) is 5. The van der Waals surface area contributed by atoms with Gasteiger partial charge in [0, 0.05) is 42.9 Å². The van der Waals surface area contributed by atoms with Gasteiger partial charge in [-0.05, 0) is 43.0 Å². The van der Waals surface area contributed by atoms with Gasteiger partial charge in [0.05, 0.1) is 11.5 Å². The van der Waals surface area contributed by atoms with E-state index >= 15 is 0 Å². The van der Waals surface area contributed by atoms with E-state index in [1.165, 1.54) is 30.2 Å². The summed E-state index contributed by atoms with van der Waals surface area (Å²) in [6.45, 7) is 1.50. The number of aromatic nitrogens is 3. The molecule has 3 N–H and O–H groups in total. The Morgan fingerprint density at radius 1 is 0.977 bits per heavy atom. The van der Waals surface area contributed by atoms with Crippen LogP contribution in [0.2, 0.25) is 0 Å². The maximum atomic E-state index is 13.6. The van der Waals surface area contributed by atoms with Gasteiger partial charge < -0.3 is 15.7 Å². The molecule has 0 saturated carbocycles. The minimum absolute atomic E-state index is 0.0677. The Morgan fingerprint density at radius 2 is 1.67 bits per heavy atom. The first kappa shape index (κ1) is 29.0. The number of nitrogen functional groups attached to an aromatic ring is 1. The van der Waals surface area contributed by atoms with Crippen molar-refractivity contribution >= 4 is 17.2 Å². The van der Waals surface area contributed by atoms with Gasteiger partial charge in [0.2, 0.25) is 5.91 Å². The fourth-order valence-corrected chi connectivity index (χ4v) is 6.38. The molecule has 2 saturated heterocycles. The van der Waals surface area contributed by atoms with E-state index < -0.39 is 47.8 Å². The Kier molecular flexibility index (Phi) is 6.71. The molecule has 13 heteroatoms. The largest absolute Gasteiger partial charge is 0.416 e. The lowest BCUT2D eigenvalue weighted by Gasteiger charge is -2.37. The van der Waals surface area contributed by atoms with E-state index in [1.54, 1.807) is 34.9 Å². The van der Waals surface area contributed by atoms with Gasteiger partial charge in [-0.2, -0.15) is 26.3 Å². The quantitative estimate of drug-likeness (QED) is 0.283. The normalized spacial score (nSPS) is 22.6. The molecule has 0 aliphatic carbocycles. The second-order valence-electron chi connectivity index (χ2n) is 11.3. The number of aliphatic hydroxyl groups is 1. The predicted octanol–water partition coefficient (Wildman–Crippen LogP) is 5.91. The molecule has 1 amide bonds. The number of piperidine rings is 1. The van der Waals surface area contributed by atoms with Crippen molar-refractivity contribution in [2.24, 2.45) is 5.92 Å². The van der Waals surface area contributed by atoms with Gasteiger partial charge in [-0.25, -0.2) is 9.97 Å². The molecule has 4 atom stereocenters. The average molecular weight is 604 g/mol. The van der Waals surface area contributed by atoms with Gasteiger partial charge in [0.25, 0.3) is 0 Å². The number of anilines is 1. The second-order valence-corrected chi connectivity index (χ2v) is 11.3. The standard InChI is InChI=1S/C30H27F6N5O2/c1-28(43,19-3-2-4-20(13-19)29(31,32)33)18-8-5-16(6-9-18)24-25-26(37)38-11-12-40(25)27(39-24)17-7-10-22-21(30(34,35)36)14-23(42)41(22)15-17/h2-6,8-9,11-13,17,21-22,43H,7,10,14-15H2,1H3,(H2,37,38)/t17-,21?,22-,28-/m1/s1. The number of carbonyl (C=O) groups excluding carboxylic acids is 1. The fourth-order valence-electron chi connectivity index (χ4n) is 6.38. The van der Waals surface area contributed by atoms with E-state index in [4.69, 9.17) is 10.7 Å². The zero-order valence-corrected chi connectivity index (χ0v) is 22.8. The molecular weight excluding hydrogens is 576 g/mol. The number of amides is 1. The van der Waals surface area contributed by atoms with Crippen LogP contribution < -0.4 is 5.73 Å². The van der Waals surface area contributed by atoms with Crippen LogP contribution in [-0.2, 0) is 16.6 Å². The summed E-state index contributed by atoms with van der Waals surface area (Å²) < 4.78 is 82.2. The van der Waals surface area contributed by atoms with E-state index in [9.17, 15) is 36.2 Å². The van der Waals surface area contributed by atoms with Crippen molar-refractivity contribution < 1.29 is 36.2 Å². The van der Waals surface area contributed by atoms with Crippen molar-refractivity contribution in [3.8, 4) is 11.3 Å². The van der Waals surface area contributed by atoms with Crippen LogP contribution in [-0.4, -0.2) is 49.0 Å². The summed E-state index contributed by atoms with van der Waals surface area (Å²) in [5.74, 6) is -1.86. The Bertz CT molecular complexity index is 1700. The molecule has 43 heavy (non-hydrogen) atoms. The van der Waals surface area contributed by atoms with E-state index in [-0.39, 0.29) is 30.3 Å². The zero-order chi connectivity index (χ0) is 30.9. The summed E-state index contributed by atoms with van der Waals surface area (Å²) in [4.78, 5) is 22.9. The lowest BCUT2D eigenvalue weighted by molar-refractivity contribution is -0.182. The molecule has 2 fully saturated rings. The molecule has 2 aliphatic heterocycles. The number of imidazole rings is 1. The van der Waals surface area contributed by atoms with Crippen LogP contribution in [0.5, 0.6) is 0 Å². The average Bonchev–Trinajstić information content (AvgIpc) is 3.52. The van der Waals surface area contributed by atoms with Crippen LogP contribution in [0.25, 0.3) is 16.8 Å². The van der Waals surface area contributed by atoms with Crippen molar-refractivity contribution in [1.29, 1.82) is 0 Å². The first-order chi connectivity index (χ1) is 20.2. The highest BCUT2D eigenvalue weighted by molar-refractivity contribution is 5.85. The minimum Gasteiger partial charge on any atom is -0.382 e. The lowest BCUT2D eigenvalue weighted by atomic mass is 9.86. The minimum atomic E-state index is -4.56. The van der Waals surface area contributed by atoms with Crippen LogP contribution in [0.3, 0.4) is 0 Å². The van der Waals surface area contributed by atoms with Crippen LogP contribution in [0.15, 0.2) is 60.9 Å². The zero-order valence-electron chi connectivity index (χ0n) is 22.8. The first-order valence-electron chi connectivity index (χ1n) is 13.7. The van der Waals surface area contributed by atoms with Crippen molar-refractivity contribution in [2.45, 2.75) is 56.1 Å². The summed E-state index contributed by atoms with van der Waals surface area (Å²) in [5.41, 5.74) is 5.53. The van der Waals surface area contributed by atoms with Crippen LogP contribution >= 0.6 is 0 Å². The fraction of sp³-hybridized carbons (Fsp3) is 0.367. The molecule has 2 aromatic heterocycles. The first-order valence-corrected chi connectivity index (χ1v) is 13.7. The van der Waals surface area contributed by atoms with Crippen molar-refractivity contribution in [2.75, 3.05) is 12.3 Å². The maximum absolute atomic E-state index is 13.6. The molecule has 1 unspecified atom stereocenters. The van der Waals surface area contributed by atoms with Crippen molar-refractivity contribution in [3.63, 3.8) is 0 Å². The molecule has 7 nitrogen and oxygen atoms in total. The Balaban J connectivity index is 1.33. The third-order valence-electron chi connectivity index (χ3n) is 8.68. The third-order valence-corrected chi connectivity index (χ3v) is 8.68. The number of halogens is 6. The summed E-state index contributed by atoms with van der Waals surface area (Å²) in [6, 6.07) is 10.1. The molecule has 0 bridgehead atoms. The van der Waals surface area contributed by atoms with Crippen molar-refractivity contribution in [1.82, 2.24) is 19.3 Å². The highest BCUT2D eigenvalue weighted by Crippen LogP contribution is 2.45. The van der Waals surface area contributed by atoms with Crippen LogP contribution in [0.4, 0.5) is 32.2 Å². The van der Waals surface area contributed by atoms with Gasteiger partial charge in [-0.15, -0.1) is 0 Å². The van der Waals surface area contributed by atoms with E-state index in [1.807, 2.05) is 0 Å². The van der Waals surface area contributed by atoms with E-state index in [0.29, 0.717) is 34.6 Å². The molecule has 4 aromatic rings. The molecule has 4 heterocycles. The van der Waals surface area contributed by atoms with Crippen molar-refractivity contribution in [3.05, 3.63) is 83.4 Å². The van der Waals surface area contributed by atoms with Gasteiger partial charge in [0.1, 0.15) is 28.5 Å². The lowest BCUT2D eigenvalue weighted by Crippen LogP contribution is -2.45. The van der Waals surface area contributed by atoms with E-state index in [0.717, 1.165) is 12.1 Å². The molecule has 226 valence electrons. The predicted molar refractivity (Wildman–Crippen MR) is 145 cm³/mol. The smallest absolute Gasteiger partial charge is 0.382 e. The summed E-state index contributed by atoms with van der Waals surface area (Å²) in [6.07, 6.45) is -5.86. The molecule has 6 rings (SSSR count). The molecule has 2 aliphatic rings. The van der Waals surface area contributed by atoms with Gasteiger partial charge in [-0.3, -0.25) is 9.20 Å². The number of hydrogen-bond donors (Lipinski definition) is 2. The monoisotopic (exact) mass is 603 g/mol. The topological polar surface area (TPSA) is 96.8 Å². The molecule has 0 spiro atoms. The molecule has 2 aromatic carbocycles. The van der Waals surface area contributed by atoms with Crippen LogP contribution in [0, 0.1) is 5.92 Å². The number of nitrogens with zero attached hydrogens (tertiary/aromatic N) is 4. The summed E-state index contributed by atoms with van der Waals surface area (Å²) in [7, 11) is 0. The highest BCUT2D eigenvalue weighted by Gasteiger charge is 2.55. The number of fused-ring (bicyclic) bond motifs is 2. The summed E-state index contributed by atoms with van der Waals surface area (Å²) >= 11 is 0. The van der Waals surface area contributed by atoms with Gasteiger partial charge in [-0.1, -0.05) is 36.4 Å². The van der Waals surface area contributed by atoms with E-state index in [2.05, 4.69) is 4.98 Å². The third kappa shape index (κ3) is 4.98.